The van der Waals surface area contributed by atoms with E-state index in [9.17, 15) is 0 Å². The summed E-state index contributed by atoms with van der Waals surface area (Å²) in [5, 5.41) is 0. The average Bonchev–Trinajstić information content (AvgIpc) is 2.06. The van der Waals surface area contributed by atoms with Gasteiger partial charge in [0.1, 0.15) is 8.86 Å². The molecule has 0 saturated heterocycles. The van der Waals surface area contributed by atoms with E-state index in [-0.39, 0.29) is 4.49 Å². The Balaban J connectivity index is 2.72. The molecule has 0 nitrogen and oxygen atoms in total. The molecule has 0 bridgehead atoms. The third-order valence-corrected chi connectivity index (χ3v) is 3.21. The molecule has 0 radical (unpaired) electrons. The zero-order valence-corrected chi connectivity index (χ0v) is 9.01. The number of thioether (sulfide) groups is 1. The van der Waals surface area contributed by atoms with Gasteiger partial charge in [0.05, 0.1) is 0 Å². The minimum absolute atomic E-state index is 0.102. The van der Waals surface area contributed by atoms with Gasteiger partial charge in [0.2, 0.25) is 0 Å². The Morgan fingerprint density at radius 3 is 2.08 bits per heavy atom. The first kappa shape index (κ1) is 10.3. The molecular formula is C8H5Cl3S. The Bertz CT molecular complexity index is 278. The van der Waals surface area contributed by atoms with Crippen LogP contribution in [-0.2, 0) is 0 Å². The average molecular weight is 240 g/mol. The molecule has 1 rings (SSSR count). The molecule has 4 heteroatoms. The van der Waals surface area contributed by atoms with E-state index >= 15 is 0 Å². The number of halogens is 3. The molecule has 0 amide bonds. The molecule has 0 aromatic heterocycles. The van der Waals surface area contributed by atoms with Crippen molar-refractivity contribution in [1.29, 1.82) is 0 Å². The summed E-state index contributed by atoms with van der Waals surface area (Å²) < 4.78 is 0.495. The van der Waals surface area contributed by atoms with E-state index in [2.05, 4.69) is 0 Å². The minimum atomic E-state index is 0.102. The molecule has 0 saturated carbocycles. The second-order valence-corrected chi connectivity index (χ2v) is 4.58. The molecule has 0 aliphatic carbocycles. The third-order valence-electron chi connectivity index (χ3n) is 1.10. The van der Waals surface area contributed by atoms with Crippen LogP contribution in [0.5, 0.6) is 0 Å². The molecule has 0 spiro atoms. The van der Waals surface area contributed by atoms with E-state index in [1.165, 1.54) is 11.8 Å². The second-order valence-electron chi connectivity index (χ2n) is 1.95. The highest BCUT2D eigenvalue weighted by molar-refractivity contribution is 8.04. The molecule has 1 aromatic rings. The van der Waals surface area contributed by atoms with Gasteiger partial charge in [0, 0.05) is 4.90 Å². The summed E-state index contributed by atoms with van der Waals surface area (Å²) in [4.78, 5) is 1.02. The van der Waals surface area contributed by atoms with Gasteiger partial charge in [-0.3, -0.25) is 0 Å². The maximum absolute atomic E-state index is 5.73. The largest absolute Gasteiger partial charge is 0.132 e. The lowest BCUT2D eigenvalue weighted by Crippen LogP contribution is -1.68. The van der Waals surface area contributed by atoms with Crippen LogP contribution in [0.4, 0.5) is 0 Å². The highest BCUT2D eigenvalue weighted by Crippen LogP contribution is 2.34. The molecule has 0 aliphatic rings. The fraction of sp³-hybridized carbons (Fsp3) is 0. The first-order valence-corrected chi connectivity index (χ1v) is 5.09. The maximum Gasteiger partial charge on any atom is 0.132 e. The zero-order valence-electron chi connectivity index (χ0n) is 5.93. The Morgan fingerprint density at radius 1 is 1.00 bits per heavy atom. The number of hydrogen-bond acceptors (Lipinski definition) is 1. The Morgan fingerprint density at radius 2 is 1.58 bits per heavy atom. The van der Waals surface area contributed by atoms with Crippen molar-refractivity contribution in [3.63, 3.8) is 0 Å². The van der Waals surface area contributed by atoms with Gasteiger partial charge >= 0.3 is 0 Å². The molecule has 0 aliphatic heterocycles. The van der Waals surface area contributed by atoms with Crippen LogP contribution in [0.25, 0.3) is 0 Å². The highest BCUT2D eigenvalue weighted by atomic mass is 35.5. The SMILES string of the molecule is ClC(Cl)=C(Cl)Sc1ccccc1. The minimum Gasteiger partial charge on any atom is -0.0753 e. The van der Waals surface area contributed by atoms with Gasteiger partial charge in [-0.15, -0.1) is 0 Å². The third kappa shape index (κ3) is 3.28. The molecule has 1 aromatic carbocycles. The van der Waals surface area contributed by atoms with E-state index in [1.54, 1.807) is 0 Å². The van der Waals surface area contributed by atoms with Crippen LogP contribution in [0.2, 0.25) is 0 Å². The molecule has 0 fully saturated rings. The molecule has 0 N–H and O–H groups in total. The van der Waals surface area contributed by atoms with Crippen molar-refractivity contribution in [3.05, 3.63) is 39.2 Å². The normalized spacial score (nSPS) is 9.58. The predicted molar refractivity (Wildman–Crippen MR) is 56.9 cm³/mol. The van der Waals surface area contributed by atoms with Gasteiger partial charge in [-0.25, -0.2) is 0 Å². The fourth-order valence-electron chi connectivity index (χ4n) is 0.631. The van der Waals surface area contributed by atoms with Crippen LogP contribution in [0, 0.1) is 0 Å². The van der Waals surface area contributed by atoms with Crippen molar-refractivity contribution in [1.82, 2.24) is 0 Å². The molecular weight excluding hydrogens is 235 g/mol. The summed E-state index contributed by atoms with van der Waals surface area (Å²) in [5.41, 5.74) is 0. The Labute approximate surface area is 90.5 Å². The molecule has 12 heavy (non-hydrogen) atoms. The number of benzene rings is 1. The van der Waals surface area contributed by atoms with Gasteiger partial charge in [0.25, 0.3) is 0 Å². The van der Waals surface area contributed by atoms with Crippen LogP contribution in [0.1, 0.15) is 0 Å². The van der Waals surface area contributed by atoms with Gasteiger partial charge in [-0.1, -0.05) is 64.8 Å². The summed E-state index contributed by atoms with van der Waals surface area (Å²) in [6.45, 7) is 0. The van der Waals surface area contributed by atoms with Crippen molar-refractivity contribution < 1.29 is 0 Å². The summed E-state index contributed by atoms with van der Waals surface area (Å²) in [6.07, 6.45) is 0. The molecule has 0 unspecified atom stereocenters. The van der Waals surface area contributed by atoms with Crippen LogP contribution < -0.4 is 0 Å². The summed E-state index contributed by atoms with van der Waals surface area (Å²) in [5.74, 6) is 0. The van der Waals surface area contributed by atoms with E-state index in [4.69, 9.17) is 34.8 Å². The molecule has 0 heterocycles. The topological polar surface area (TPSA) is 0 Å². The quantitative estimate of drug-likeness (QED) is 0.679. The Kier molecular flexibility index (Phi) is 4.30. The van der Waals surface area contributed by atoms with Gasteiger partial charge in [-0.2, -0.15) is 0 Å². The van der Waals surface area contributed by atoms with Crippen molar-refractivity contribution >= 4 is 46.6 Å². The second kappa shape index (κ2) is 5.03. The molecule has 64 valence electrons. The van der Waals surface area contributed by atoms with E-state index < -0.39 is 0 Å². The fourth-order valence-corrected chi connectivity index (χ4v) is 1.71. The lowest BCUT2D eigenvalue weighted by molar-refractivity contribution is 1.47. The van der Waals surface area contributed by atoms with Crippen LogP contribution in [0.15, 0.2) is 44.1 Å². The van der Waals surface area contributed by atoms with Crippen LogP contribution in [-0.4, -0.2) is 0 Å². The predicted octanol–water partition coefficient (Wildman–Crippen LogP) is 4.62. The van der Waals surface area contributed by atoms with Crippen molar-refractivity contribution in [3.8, 4) is 0 Å². The number of rotatable bonds is 2. The number of hydrogen-bond donors (Lipinski definition) is 0. The smallest absolute Gasteiger partial charge is 0.0753 e. The van der Waals surface area contributed by atoms with Crippen LogP contribution >= 0.6 is 46.6 Å². The highest BCUT2D eigenvalue weighted by Gasteiger charge is 2.00. The van der Waals surface area contributed by atoms with Gasteiger partial charge < -0.3 is 0 Å². The van der Waals surface area contributed by atoms with Crippen molar-refractivity contribution in [2.45, 2.75) is 4.90 Å². The summed E-state index contributed by atoms with van der Waals surface area (Å²) >= 11 is 18.0. The first-order chi connectivity index (χ1) is 5.70. The summed E-state index contributed by atoms with van der Waals surface area (Å²) in [7, 11) is 0. The van der Waals surface area contributed by atoms with Crippen molar-refractivity contribution in [2.75, 3.05) is 0 Å². The lowest BCUT2D eigenvalue weighted by Gasteiger charge is -1.97. The maximum atomic E-state index is 5.73. The zero-order chi connectivity index (χ0) is 8.97. The van der Waals surface area contributed by atoms with E-state index in [0.717, 1.165) is 4.90 Å². The van der Waals surface area contributed by atoms with Gasteiger partial charge in [-0.05, 0) is 12.1 Å². The monoisotopic (exact) mass is 238 g/mol. The van der Waals surface area contributed by atoms with Crippen molar-refractivity contribution in [2.24, 2.45) is 0 Å². The lowest BCUT2D eigenvalue weighted by atomic mass is 10.4. The molecule has 0 atom stereocenters. The van der Waals surface area contributed by atoms with E-state index in [1.807, 2.05) is 30.3 Å². The van der Waals surface area contributed by atoms with Gasteiger partial charge in [0.15, 0.2) is 0 Å². The Hall–Kier alpha value is 0.180. The van der Waals surface area contributed by atoms with E-state index in [0.29, 0.717) is 4.36 Å². The summed E-state index contributed by atoms with van der Waals surface area (Å²) in [6, 6.07) is 9.65. The van der Waals surface area contributed by atoms with Crippen LogP contribution in [0.3, 0.4) is 0 Å². The first-order valence-electron chi connectivity index (χ1n) is 3.14. The standard InChI is InChI=1S/C8H5Cl3S/c9-7(10)8(11)12-6-4-2-1-3-5-6/h1-5H.